The average molecular weight is 360 g/mol. The molecule has 8 heteroatoms. The van der Waals surface area contributed by atoms with E-state index in [9.17, 15) is 4.79 Å². The lowest BCUT2D eigenvalue weighted by Crippen LogP contribution is -2.29. The van der Waals surface area contributed by atoms with Gasteiger partial charge < -0.3 is 9.47 Å². The van der Waals surface area contributed by atoms with Gasteiger partial charge in [0.15, 0.2) is 11.8 Å². The van der Waals surface area contributed by atoms with E-state index in [1.807, 2.05) is 20.8 Å². The zero-order chi connectivity index (χ0) is 17.5. The molecule has 0 aliphatic heterocycles. The first-order valence-electron chi connectivity index (χ1n) is 7.03. The Morgan fingerprint density at radius 1 is 1.22 bits per heavy atom. The van der Waals surface area contributed by atoms with E-state index < -0.39 is 17.7 Å². The lowest BCUT2D eigenvalue weighted by molar-refractivity contribution is -0.164. The van der Waals surface area contributed by atoms with Crippen LogP contribution < -0.4 is 0 Å². The lowest BCUT2D eigenvalue weighted by Gasteiger charge is -2.27. The number of aryl methyl sites for hydroxylation is 2. The van der Waals surface area contributed by atoms with Gasteiger partial charge in [0, 0.05) is 5.69 Å². The van der Waals surface area contributed by atoms with Gasteiger partial charge in [-0.05, 0) is 34.6 Å². The molecule has 0 saturated carbocycles. The topological polar surface area (TPSA) is 65.7 Å². The molecule has 0 N–H and O–H groups in total. The van der Waals surface area contributed by atoms with E-state index in [0.29, 0.717) is 27.6 Å². The van der Waals surface area contributed by atoms with E-state index in [1.165, 1.54) is 11.6 Å². The van der Waals surface area contributed by atoms with E-state index in [0.717, 1.165) is 0 Å². The Hall–Kier alpha value is -1.37. The number of carbonyl (C=O) groups excluding carboxylic acids is 1. The normalized spacial score (nSPS) is 13.4. The predicted molar refractivity (Wildman–Crippen MR) is 88.1 cm³/mol. The summed E-state index contributed by atoms with van der Waals surface area (Å²) >= 11 is 12.7. The highest BCUT2D eigenvalue weighted by molar-refractivity contribution is 6.35. The highest BCUT2D eigenvalue weighted by Gasteiger charge is 2.33. The number of fused-ring (bicyclic) bond motifs is 1. The standard InChI is InChI=1S/C15H19Cl2N3O3/c1-7-9(11(14(21)22-6)23-15(3,4)5)12(17)20-13(18-7)10(16)8(2)19-20/h11H,1-6H3. The van der Waals surface area contributed by atoms with E-state index in [4.69, 9.17) is 32.7 Å². The van der Waals surface area contributed by atoms with Crippen molar-refractivity contribution in [2.45, 2.75) is 46.3 Å². The molecular weight excluding hydrogens is 341 g/mol. The maximum Gasteiger partial charge on any atom is 0.339 e. The molecular formula is C15H19Cl2N3O3. The number of aromatic nitrogens is 3. The van der Waals surface area contributed by atoms with Crippen LogP contribution in [0.25, 0.3) is 5.65 Å². The molecule has 6 nitrogen and oxygen atoms in total. The van der Waals surface area contributed by atoms with Gasteiger partial charge in [-0.25, -0.2) is 14.3 Å². The van der Waals surface area contributed by atoms with Crippen LogP contribution in [0.3, 0.4) is 0 Å². The molecule has 0 bridgehead atoms. The Balaban J connectivity index is 2.70. The summed E-state index contributed by atoms with van der Waals surface area (Å²) in [6, 6.07) is 0. The number of methoxy groups -OCH3 is 1. The number of rotatable bonds is 3. The fourth-order valence-corrected chi connectivity index (χ4v) is 2.71. The number of hydrogen-bond donors (Lipinski definition) is 0. The molecule has 0 aromatic carbocycles. The fraction of sp³-hybridized carbons (Fsp3) is 0.533. The molecule has 2 aromatic rings. The van der Waals surface area contributed by atoms with Gasteiger partial charge in [-0.1, -0.05) is 23.2 Å². The number of nitrogens with zero attached hydrogens (tertiary/aromatic N) is 3. The van der Waals surface area contributed by atoms with E-state index in [-0.39, 0.29) is 5.15 Å². The molecule has 2 aromatic heterocycles. The summed E-state index contributed by atoms with van der Waals surface area (Å²) in [7, 11) is 1.30. The number of carbonyl (C=O) groups is 1. The van der Waals surface area contributed by atoms with Crippen LogP contribution in [0.4, 0.5) is 0 Å². The van der Waals surface area contributed by atoms with Crippen molar-refractivity contribution in [3.8, 4) is 0 Å². The van der Waals surface area contributed by atoms with Crippen LogP contribution in [0.15, 0.2) is 0 Å². The Bertz CT molecular complexity index is 766. The molecule has 0 fully saturated rings. The summed E-state index contributed by atoms with van der Waals surface area (Å²) in [6.45, 7) is 9.01. The summed E-state index contributed by atoms with van der Waals surface area (Å²) in [6.07, 6.45) is -1.01. The maximum atomic E-state index is 12.2. The Morgan fingerprint density at radius 2 is 1.83 bits per heavy atom. The summed E-state index contributed by atoms with van der Waals surface area (Å²) in [5.41, 5.74) is 1.41. The maximum absolute atomic E-state index is 12.2. The fourth-order valence-electron chi connectivity index (χ4n) is 2.20. The minimum Gasteiger partial charge on any atom is -0.467 e. The second-order valence-electron chi connectivity index (χ2n) is 6.17. The average Bonchev–Trinajstić information content (AvgIpc) is 2.72. The molecule has 0 aliphatic rings. The molecule has 0 radical (unpaired) electrons. The Kier molecular flexibility index (Phi) is 4.89. The molecule has 23 heavy (non-hydrogen) atoms. The SMILES string of the molecule is COC(=O)C(OC(C)(C)C)c1c(C)nc2c(Cl)c(C)nn2c1Cl. The number of hydrogen-bond acceptors (Lipinski definition) is 5. The zero-order valence-corrected chi connectivity index (χ0v) is 15.4. The van der Waals surface area contributed by atoms with Gasteiger partial charge in [-0.3, -0.25) is 0 Å². The minimum absolute atomic E-state index is 0.224. The van der Waals surface area contributed by atoms with Crippen LogP contribution in [0.2, 0.25) is 10.2 Å². The summed E-state index contributed by atoms with van der Waals surface area (Å²) in [5.74, 6) is -0.555. The van der Waals surface area contributed by atoms with E-state index >= 15 is 0 Å². The van der Waals surface area contributed by atoms with Crippen LogP contribution in [0.5, 0.6) is 0 Å². The van der Waals surface area contributed by atoms with Crippen molar-refractivity contribution in [2.24, 2.45) is 0 Å². The quantitative estimate of drug-likeness (QED) is 0.617. The van der Waals surface area contributed by atoms with Crippen LogP contribution in [0.1, 0.15) is 43.8 Å². The number of ether oxygens (including phenoxy) is 2. The summed E-state index contributed by atoms with van der Waals surface area (Å²) in [5, 5.41) is 4.91. The molecule has 1 unspecified atom stereocenters. The van der Waals surface area contributed by atoms with Gasteiger partial charge in [-0.2, -0.15) is 5.10 Å². The third-order valence-corrected chi connectivity index (χ3v) is 3.99. The summed E-state index contributed by atoms with van der Waals surface area (Å²) < 4.78 is 12.1. The molecule has 2 rings (SSSR count). The molecule has 0 amide bonds. The second kappa shape index (κ2) is 6.26. The predicted octanol–water partition coefficient (Wildman–Crippen LogP) is 3.68. The smallest absolute Gasteiger partial charge is 0.339 e. The van der Waals surface area contributed by atoms with Gasteiger partial charge in [0.1, 0.15) is 10.2 Å². The van der Waals surface area contributed by atoms with Crippen molar-refractivity contribution >= 4 is 34.8 Å². The molecule has 126 valence electrons. The number of esters is 1. The number of halogens is 2. The van der Waals surface area contributed by atoms with Crippen LogP contribution >= 0.6 is 23.2 Å². The minimum atomic E-state index is -1.01. The summed E-state index contributed by atoms with van der Waals surface area (Å²) in [4.78, 5) is 16.6. The Labute approximate surface area is 144 Å². The lowest BCUT2D eigenvalue weighted by atomic mass is 10.1. The molecule has 2 heterocycles. The first-order valence-corrected chi connectivity index (χ1v) is 7.79. The molecule has 0 saturated heterocycles. The van der Waals surface area contributed by atoms with Crippen molar-refractivity contribution in [1.82, 2.24) is 14.6 Å². The van der Waals surface area contributed by atoms with Crippen molar-refractivity contribution in [3.63, 3.8) is 0 Å². The molecule has 0 spiro atoms. The monoisotopic (exact) mass is 359 g/mol. The van der Waals surface area contributed by atoms with Crippen LogP contribution in [-0.4, -0.2) is 33.3 Å². The first kappa shape index (κ1) is 18.0. The third-order valence-electron chi connectivity index (χ3n) is 3.19. The van der Waals surface area contributed by atoms with Gasteiger partial charge in [0.25, 0.3) is 0 Å². The van der Waals surface area contributed by atoms with Gasteiger partial charge in [-0.15, -0.1) is 0 Å². The van der Waals surface area contributed by atoms with Crippen molar-refractivity contribution < 1.29 is 14.3 Å². The first-order chi connectivity index (χ1) is 10.6. The Morgan fingerprint density at radius 3 is 2.35 bits per heavy atom. The molecule has 1 atom stereocenters. The van der Waals surface area contributed by atoms with Crippen molar-refractivity contribution in [3.05, 3.63) is 27.1 Å². The molecule has 0 aliphatic carbocycles. The second-order valence-corrected chi connectivity index (χ2v) is 6.91. The van der Waals surface area contributed by atoms with E-state index in [2.05, 4.69) is 10.1 Å². The zero-order valence-electron chi connectivity index (χ0n) is 13.9. The largest absolute Gasteiger partial charge is 0.467 e. The van der Waals surface area contributed by atoms with Crippen LogP contribution in [0, 0.1) is 13.8 Å². The highest BCUT2D eigenvalue weighted by atomic mass is 35.5. The van der Waals surface area contributed by atoms with Gasteiger partial charge >= 0.3 is 5.97 Å². The van der Waals surface area contributed by atoms with Crippen molar-refractivity contribution in [1.29, 1.82) is 0 Å². The van der Waals surface area contributed by atoms with Gasteiger partial charge in [0.2, 0.25) is 0 Å². The van der Waals surface area contributed by atoms with E-state index in [1.54, 1.807) is 13.8 Å². The highest BCUT2D eigenvalue weighted by Crippen LogP contribution is 2.34. The third kappa shape index (κ3) is 3.44. The van der Waals surface area contributed by atoms with Crippen LogP contribution in [-0.2, 0) is 14.3 Å². The van der Waals surface area contributed by atoms with Crippen molar-refractivity contribution in [2.75, 3.05) is 7.11 Å². The van der Waals surface area contributed by atoms with Gasteiger partial charge in [0.05, 0.1) is 24.0 Å².